The number of hydrogen-bond donors (Lipinski definition) is 1. The maximum Gasteiger partial charge on any atom is 0.311 e. The third-order valence-electron chi connectivity index (χ3n) is 9.05. The Hall–Kier alpha value is -3.92. The van der Waals surface area contributed by atoms with Crippen molar-refractivity contribution in [3.8, 4) is 11.1 Å². The number of para-hydroxylation sites is 1. The molecule has 4 aliphatic rings. The van der Waals surface area contributed by atoms with E-state index < -0.39 is 22.2 Å². The molecule has 3 aromatic rings. The zero-order chi connectivity index (χ0) is 29.1. The van der Waals surface area contributed by atoms with Crippen molar-refractivity contribution in [1.29, 1.82) is 0 Å². The summed E-state index contributed by atoms with van der Waals surface area (Å²) in [6.45, 7) is 2.46. The molecule has 0 radical (unpaired) electrons. The largest absolute Gasteiger partial charge is 0.469 e. The fourth-order valence-electron chi connectivity index (χ4n) is 7.15. The van der Waals surface area contributed by atoms with Gasteiger partial charge in [0.25, 0.3) is 5.91 Å². The molecule has 7 rings (SSSR count). The second kappa shape index (κ2) is 10.1. The number of Topliss-reactive ketones (excluding diaryl/α,β-unsaturated/α-hetero) is 1. The van der Waals surface area contributed by atoms with Crippen molar-refractivity contribution >= 4 is 40.7 Å². The minimum absolute atomic E-state index is 0.198. The standard InChI is InChI=1S/C33H31N3O5S/c1-35-20-25(30(38)40-2)33(32(35)24-10-6-7-11-26(24)34-31(32)39)28(37)27(29(42-33)36-16-18-41-19-17-36)23-14-12-22(13-15-23)21-8-4-3-5-9-21/h3-15,25H,16-20H2,1-2H3,(H,34,39)/t25-,32-,33?/m0/s1. The van der Waals surface area contributed by atoms with Crippen LogP contribution >= 0.6 is 11.8 Å². The zero-order valence-corrected chi connectivity index (χ0v) is 24.3. The van der Waals surface area contributed by atoms with Crippen LogP contribution in [0.5, 0.6) is 0 Å². The van der Waals surface area contributed by atoms with E-state index >= 15 is 4.79 Å². The predicted octanol–water partition coefficient (Wildman–Crippen LogP) is 3.99. The Morgan fingerprint density at radius 3 is 2.29 bits per heavy atom. The van der Waals surface area contributed by atoms with E-state index in [-0.39, 0.29) is 18.2 Å². The molecule has 1 unspecified atom stereocenters. The van der Waals surface area contributed by atoms with Crippen LogP contribution in [0.15, 0.2) is 83.9 Å². The lowest BCUT2D eigenvalue weighted by Gasteiger charge is -2.42. The van der Waals surface area contributed by atoms with Crippen molar-refractivity contribution in [2.75, 3.05) is 52.3 Å². The van der Waals surface area contributed by atoms with Gasteiger partial charge < -0.3 is 19.7 Å². The van der Waals surface area contributed by atoms with Crippen LogP contribution in [0.3, 0.4) is 0 Å². The number of likely N-dealkylation sites (N-methyl/N-ethyl adjacent to an activating group) is 1. The summed E-state index contributed by atoms with van der Waals surface area (Å²) in [6, 6.07) is 25.5. The SMILES string of the molecule is COC(=O)[C@@H]1CN(C)[C@@]2(C(=O)Nc3ccccc32)C12SC(N1CCOCC1)=C(c1ccc(-c3ccccc3)cc1)C2=O. The van der Waals surface area contributed by atoms with Gasteiger partial charge in [-0.3, -0.25) is 19.3 Å². The van der Waals surface area contributed by atoms with Gasteiger partial charge in [-0.1, -0.05) is 84.6 Å². The molecule has 1 amide bonds. The molecule has 0 bridgehead atoms. The van der Waals surface area contributed by atoms with Crippen LogP contribution < -0.4 is 5.32 Å². The normalized spacial score (nSPS) is 27.2. The second-order valence-electron chi connectivity index (χ2n) is 11.1. The molecule has 1 N–H and O–H groups in total. The average Bonchev–Trinajstić information content (AvgIpc) is 3.61. The molecule has 3 aromatic carbocycles. The number of ketones is 1. The Morgan fingerprint density at radius 2 is 1.57 bits per heavy atom. The number of anilines is 1. The number of thioether (sulfide) groups is 1. The second-order valence-corrected chi connectivity index (χ2v) is 12.3. The smallest absolute Gasteiger partial charge is 0.311 e. The lowest BCUT2D eigenvalue weighted by Crippen LogP contribution is -2.62. The van der Waals surface area contributed by atoms with Crippen molar-refractivity contribution in [3.63, 3.8) is 0 Å². The minimum Gasteiger partial charge on any atom is -0.469 e. The lowest BCUT2D eigenvalue weighted by molar-refractivity contribution is -0.147. The molecule has 0 aromatic heterocycles. The number of rotatable bonds is 4. The topological polar surface area (TPSA) is 88.2 Å². The van der Waals surface area contributed by atoms with Gasteiger partial charge in [-0.2, -0.15) is 0 Å². The number of benzene rings is 3. The molecule has 2 fully saturated rings. The maximum atomic E-state index is 15.3. The van der Waals surface area contributed by atoms with Crippen LogP contribution in [0.4, 0.5) is 5.69 Å². The van der Waals surface area contributed by atoms with Gasteiger partial charge in [0.1, 0.15) is 4.75 Å². The molecule has 0 aliphatic carbocycles. The van der Waals surface area contributed by atoms with Crippen LogP contribution in [-0.2, 0) is 29.4 Å². The number of allylic oxidation sites excluding steroid dienone is 1. The van der Waals surface area contributed by atoms with Crippen LogP contribution in [0, 0.1) is 5.92 Å². The molecule has 8 nitrogen and oxygen atoms in total. The molecule has 0 saturated carbocycles. The Balaban J connectivity index is 1.43. The van der Waals surface area contributed by atoms with Gasteiger partial charge in [0.2, 0.25) is 0 Å². The van der Waals surface area contributed by atoms with Crippen LogP contribution in [-0.4, -0.2) is 79.2 Å². The van der Waals surface area contributed by atoms with E-state index in [2.05, 4.69) is 10.2 Å². The Kier molecular flexibility index (Phi) is 6.49. The minimum atomic E-state index is -1.48. The van der Waals surface area contributed by atoms with Gasteiger partial charge >= 0.3 is 5.97 Å². The number of amides is 1. The van der Waals surface area contributed by atoms with Gasteiger partial charge in [-0.25, -0.2) is 0 Å². The predicted molar refractivity (Wildman–Crippen MR) is 161 cm³/mol. The molecular weight excluding hydrogens is 550 g/mol. The van der Waals surface area contributed by atoms with E-state index in [4.69, 9.17) is 9.47 Å². The first-order valence-corrected chi connectivity index (χ1v) is 14.9. The molecule has 2 saturated heterocycles. The molecule has 3 atom stereocenters. The van der Waals surface area contributed by atoms with Crippen molar-refractivity contribution in [2.45, 2.75) is 10.3 Å². The molecule has 4 aliphatic heterocycles. The highest BCUT2D eigenvalue weighted by Crippen LogP contribution is 2.67. The summed E-state index contributed by atoms with van der Waals surface area (Å²) in [4.78, 5) is 47.1. The van der Waals surface area contributed by atoms with Crippen LogP contribution in [0.1, 0.15) is 11.1 Å². The summed E-state index contributed by atoms with van der Waals surface area (Å²) in [5.74, 6) is -1.91. The number of hydrogen-bond acceptors (Lipinski definition) is 8. The van der Waals surface area contributed by atoms with E-state index in [0.29, 0.717) is 43.1 Å². The Morgan fingerprint density at radius 1 is 0.929 bits per heavy atom. The Labute approximate surface area is 248 Å². The number of methoxy groups -OCH3 is 1. The highest BCUT2D eigenvalue weighted by molar-refractivity contribution is 8.06. The van der Waals surface area contributed by atoms with Gasteiger partial charge in [0.05, 0.1) is 36.8 Å². The van der Waals surface area contributed by atoms with Gasteiger partial charge in [-0.15, -0.1) is 0 Å². The fourth-order valence-corrected chi connectivity index (χ4v) is 9.10. The molecule has 42 heavy (non-hydrogen) atoms. The van der Waals surface area contributed by atoms with Crippen molar-refractivity contribution < 1.29 is 23.9 Å². The monoisotopic (exact) mass is 581 g/mol. The van der Waals surface area contributed by atoms with Crippen molar-refractivity contribution in [2.24, 2.45) is 5.92 Å². The van der Waals surface area contributed by atoms with Crippen molar-refractivity contribution in [1.82, 2.24) is 9.80 Å². The van der Waals surface area contributed by atoms with E-state index in [9.17, 15) is 9.59 Å². The molecular formula is C33H31N3O5S. The van der Waals surface area contributed by atoms with Gasteiger partial charge in [-0.05, 0) is 29.8 Å². The molecule has 214 valence electrons. The van der Waals surface area contributed by atoms with Crippen molar-refractivity contribution in [3.05, 3.63) is 95.0 Å². The average molecular weight is 582 g/mol. The van der Waals surface area contributed by atoms with E-state index in [0.717, 1.165) is 21.7 Å². The van der Waals surface area contributed by atoms with E-state index in [1.54, 1.807) is 0 Å². The quantitative estimate of drug-likeness (QED) is 0.463. The first-order chi connectivity index (χ1) is 20.4. The summed E-state index contributed by atoms with van der Waals surface area (Å²) in [5.41, 5.74) is 3.35. The number of nitrogens with one attached hydrogen (secondary N) is 1. The number of nitrogens with zero attached hydrogens (tertiary/aromatic N) is 2. The van der Waals surface area contributed by atoms with Crippen LogP contribution in [0.25, 0.3) is 16.7 Å². The maximum absolute atomic E-state index is 15.3. The first-order valence-electron chi connectivity index (χ1n) is 14.1. The molecule has 2 spiro atoms. The summed E-state index contributed by atoms with van der Waals surface area (Å²) in [6.07, 6.45) is 0. The van der Waals surface area contributed by atoms with Gasteiger partial charge in [0, 0.05) is 30.9 Å². The summed E-state index contributed by atoms with van der Waals surface area (Å²) < 4.78 is 9.49. The summed E-state index contributed by atoms with van der Waals surface area (Å²) in [7, 11) is 3.16. The number of likely N-dealkylation sites (tertiary alicyclic amines) is 1. The number of carbonyl (C=O) groups is 3. The molecule has 4 heterocycles. The number of ether oxygens (including phenoxy) is 2. The molecule has 9 heteroatoms. The highest BCUT2D eigenvalue weighted by Gasteiger charge is 2.78. The first kappa shape index (κ1) is 26.9. The van der Waals surface area contributed by atoms with E-state index in [1.165, 1.54) is 18.9 Å². The highest BCUT2D eigenvalue weighted by atomic mass is 32.2. The van der Waals surface area contributed by atoms with E-state index in [1.807, 2.05) is 90.8 Å². The summed E-state index contributed by atoms with van der Waals surface area (Å²) in [5, 5.41) is 3.81. The van der Waals surface area contributed by atoms with Crippen LogP contribution in [0.2, 0.25) is 0 Å². The van der Waals surface area contributed by atoms with Gasteiger partial charge in [0.15, 0.2) is 11.3 Å². The number of morpholine rings is 1. The number of fused-ring (bicyclic) bond motifs is 3. The third kappa shape index (κ3) is 3.60. The number of carbonyl (C=O) groups excluding carboxylic acids is 3. The fraction of sp³-hybridized carbons (Fsp3) is 0.303. The Bertz CT molecular complexity index is 1620. The summed E-state index contributed by atoms with van der Waals surface area (Å²) >= 11 is 1.35. The lowest BCUT2D eigenvalue weighted by atomic mass is 9.70. The number of esters is 1. The third-order valence-corrected chi connectivity index (χ3v) is 10.8. The zero-order valence-electron chi connectivity index (χ0n) is 23.5.